The van der Waals surface area contributed by atoms with Gasteiger partial charge in [-0.25, -0.2) is 0 Å². The number of aliphatic carboxylic acids is 2. The zero-order valence-electron chi connectivity index (χ0n) is 25.0. The highest BCUT2D eigenvalue weighted by Gasteiger charge is 2.17. The monoisotopic (exact) mass is 588 g/mol. The summed E-state index contributed by atoms with van der Waals surface area (Å²) in [5.74, 6) is -1.77. The number of hydrogen-bond donors (Lipinski definition) is 6. The lowest BCUT2D eigenvalue weighted by atomic mass is 10.0. The highest BCUT2D eigenvalue weighted by molar-refractivity contribution is 5.79. The fourth-order valence-corrected chi connectivity index (χ4v) is 6.05. The average molecular weight is 589 g/mol. The molecule has 1 aliphatic heterocycles. The number of carbonyl (C=O) groups is 2. The average Bonchev–Trinajstić information content (AvgIpc) is 3.67. The van der Waals surface area contributed by atoms with Gasteiger partial charge in [0.1, 0.15) is 0 Å². The number of fused-ring (bicyclic) bond motifs is 8. The van der Waals surface area contributed by atoms with Gasteiger partial charge in [-0.05, 0) is 73.2 Å². The minimum atomic E-state index is -0.883. The van der Waals surface area contributed by atoms with E-state index in [1.807, 2.05) is 38.2 Å². The Morgan fingerprint density at radius 1 is 0.568 bits per heavy atom. The Morgan fingerprint density at radius 2 is 1.00 bits per heavy atom. The number of carboxylic acid groups (broad SMARTS) is 2. The molecule has 0 saturated heterocycles. The van der Waals surface area contributed by atoms with E-state index in [9.17, 15) is 19.8 Å². The van der Waals surface area contributed by atoms with Crippen LogP contribution < -0.4 is 21.4 Å². The molecule has 1 aliphatic rings. The number of aromatic nitrogens is 4. The van der Waals surface area contributed by atoms with Crippen molar-refractivity contribution in [2.75, 3.05) is 0 Å². The van der Waals surface area contributed by atoms with E-state index >= 15 is 0 Å². The van der Waals surface area contributed by atoms with Crippen LogP contribution in [0.3, 0.4) is 0 Å². The topological polar surface area (TPSA) is 138 Å². The van der Waals surface area contributed by atoms with E-state index in [0.29, 0.717) is 12.8 Å². The molecule has 8 bridgehead atoms. The van der Waals surface area contributed by atoms with Crippen molar-refractivity contribution in [1.29, 1.82) is 0 Å². The summed E-state index contributed by atoms with van der Waals surface area (Å²) in [7, 11) is 0. The minimum Gasteiger partial charge on any atom is -0.481 e. The number of aromatic amines is 4. The minimum absolute atomic E-state index is 0.0291. The standard InChI is InChI=1S/C36H36N4O4/c1-7-21-23(9-3)31-17-32-24(10-4)22(8-2)30(40-32)16-28-20(6)26(12-14-36(43)44)34(38-28)18-33-25(11-13-35(41)42)19(5)27(37-33)15-29(21)39-31/h7-10,15-18,37-40H,1-4,11-14H2,5-6H3,(H,41,42)(H,43,44). The molecule has 0 radical (unpaired) electrons. The molecule has 5 rings (SSSR count). The lowest BCUT2D eigenvalue weighted by Gasteiger charge is -2.01. The van der Waals surface area contributed by atoms with Crippen LogP contribution in [-0.4, -0.2) is 42.1 Å². The van der Waals surface area contributed by atoms with Crippen molar-refractivity contribution in [3.8, 4) is 0 Å². The van der Waals surface area contributed by atoms with Gasteiger partial charge in [0.2, 0.25) is 0 Å². The van der Waals surface area contributed by atoms with Crippen LogP contribution in [0, 0.1) is 13.8 Å². The van der Waals surface area contributed by atoms with Gasteiger partial charge < -0.3 is 30.1 Å². The van der Waals surface area contributed by atoms with Gasteiger partial charge in [-0.3, -0.25) is 9.59 Å². The number of rotatable bonds is 10. The van der Waals surface area contributed by atoms with E-state index in [1.54, 1.807) is 24.3 Å². The van der Waals surface area contributed by atoms with E-state index in [4.69, 9.17) is 0 Å². The third-order valence-corrected chi connectivity index (χ3v) is 8.33. The van der Waals surface area contributed by atoms with Crippen molar-refractivity contribution >= 4 is 60.5 Å². The van der Waals surface area contributed by atoms with Gasteiger partial charge >= 0.3 is 11.9 Å². The smallest absolute Gasteiger partial charge is 0.303 e. The molecular formula is C36H36N4O4. The van der Waals surface area contributed by atoms with Crippen LogP contribution in [0.25, 0.3) is 48.6 Å². The second-order valence-corrected chi connectivity index (χ2v) is 10.9. The van der Waals surface area contributed by atoms with Crippen LogP contribution in [0.2, 0.25) is 0 Å². The molecule has 44 heavy (non-hydrogen) atoms. The Labute approximate surface area is 254 Å². The molecule has 224 valence electrons. The first kappa shape index (κ1) is 30.0. The fourth-order valence-electron chi connectivity index (χ4n) is 6.05. The van der Waals surface area contributed by atoms with E-state index in [2.05, 4.69) is 46.3 Å². The van der Waals surface area contributed by atoms with Gasteiger partial charge in [-0.2, -0.15) is 0 Å². The largest absolute Gasteiger partial charge is 0.481 e. The van der Waals surface area contributed by atoms with Crippen molar-refractivity contribution in [3.05, 3.63) is 115 Å². The van der Waals surface area contributed by atoms with Crippen LogP contribution in [0.15, 0.2) is 26.3 Å². The van der Waals surface area contributed by atoms with Gasteiger partial charge in [-0.15, -0.1) is 0 Å². The summed E-state index contributed by atoms with van der Waals surface area (Å²) < 4.78 is 0. The Kier molecular flexibility index (Phi) is 8.18. The number of hydrogen-bond acceptors (Lipinski definition) is 2. The van der Waals surface area contributed by atoms with Gasteiger partial charge in [0.15, 0.2) is 0 Å². The summed E-state index contributed by atoms with van der Waals surface area (Å²) in [4.78, 5) is 37.3. The molecular weight excluding hydrogens is 552 g/mol. The molecule has 4 aromatic rings. The quantitative estimate of drug-likeness (QED) is 0.148. The van der Waals surface area contributed by atoms with E-state index in [0.717, 1.165) is 88.7 Å². The maximum Gasteiger partial charge on any atom is 0.303 e. The molecule has 0 amide bonds. The lowest BCUT2D eigenvalue weighted by molar-refractivity contribution is -0.138. The van der Waals surface area contributed by atoms with Crippen molar-refractivity contribution < 1.29 is 19.8 Å². The van der Waals surface area contributed by atoms with Crippen LogP contribution >= 0.6 is 0 Å². The molecule has 4 aromatic heterocycles. The van der Waals surface area contributed by atoms with Gasteiger partial charge in [0, 0.05) is 79.3 Å². The maximum atomic E-state index is 11.6. The predicted molar refractivity (Wildman–Crippen MR) is 178 cm³/mol. The van der Waals surface area contributed by atoms with Crippen LogP contribution in [-0.2, 0) is 22.4 Å². The van der Waals surface area contributed by atoms with Crippen molar-refractivity contribution in [2.45, 2.75) is 39.5 Å². The molecule has 0 spiro atoms. The Bertz CT molecular complexity index is 2130. The lowest BCUT2D eigenvalue weighted by Crippen LogP contribution is -2.14. The molecule has 5 heterocycles. The van der Waals surface area contributed by atoms with E-state index < -0.39 is 11.9 Å². The molecule has 0 unspecified atom stereocenters. The molecule has 8 heteroatoms. The first-order valence-electron chi connectivity index (χ1n) is 14.4. The Morgan fingerprint density at radius 3 is 1.52 bits per heavy atom. The normalized spacial score (nSPS) is 11.9. The highest BCUT2D eigenvalue weighted by Crippen LogP contribution is 2.25. The second kappa shape index (κ2) is 12.0. The SMILES string of the molecule is C=Cc1c2[nH]c(c1C=C)C=c1[nH]c(c(C=C)c1C=C)=Cc1[nH]c(c(CCC(=O)O)c1C)C=c1[nH]c(c(C)c1CCC(=O)O)=C2. The summed E-state index contributed by atoms with van der Waals surface area (Å²) in [6.45, 7) is 20.2. The van der Waals surface area contributed by atoms with E-state index in [1.165, 1.54) is 0 Å². The Balaban J connectivity index is 1.96. The summed E-state index contributed by atoms with van der Waals surface area (Å²) in [6, 6.07) is 0. The molecule has 0 atom stereocenters. The van der Waals surface area contributed by atoms with Crippen LogP contribution in [0.5, 0.6) is 0 Å². The zero-order chi connectivity index (χ0) is 31.7. The fraction of sp³-hybridized carbons (Fsp3) is 0.167. The number of carboxylic acids is 2. The molecule has 8 nitrogen and oxygen atoms in total. The maximum absolute atomic E-state index is 11.6. The van der Waals surface area contributed by atoms with Gasteiger partial charge in [0.05, 0.1) is 0 Å². The summed E-state index contributed by atoms with van der Waals surface area (Å²) in [5, 5.41) is 22.2. The molecule has 0 aromatic carbocycles. The predicted octanol–water partition coefficient (Wildman–Crippen LogP) is 3.85. The Hall–Kier alpha value is -5.50. The highest BCUT2D eigenvalue weighted by atomic mass is 16.4. The third-order valence-electron chi connectivity index (χ3n) is 8.33. The number of nitrogens with one attached hydrogen (secondary N) is 4. The van der Waals surface area contributed by atoms with Gasteiger partial charge in [-0.1, -0.05) is 50.6 Å². The van der Waals surface area contributed by atoms with Crippen molar-refractivity contribution in [1.82, 2.24) is 19.9 Å². The van der Waals surface area contributed by atoms with Gasteiger partial charge in [0.25, 0.3) is 0 Å². The zero-order valence-corrected chi connectivity index (χ0v) is 25.0. The second-order valence-electron chi connectivity index (χ2n) is 10.9. The molecule has 0 aliphatic carbocycles. The van der Waals surface area contributed by atoms with Crippen LogP contribution in [0.4, 0.5) is 0 Å². The summed E-state index contributed by atoms with van der Waals surface area (Å²) >= 11 is 0. The third kappa shape index (κ3) is 5.38. The molecule has 6 N–H and O–H groups in total. The van der Waals surface area contributed by atoms with Crippen molar-refractivity contribution in [2.24, 2.45) is 0 Å². The molecule has 0 fully saturated rings. The summed E-state index contributed by atoms with van der Waals surface area (Å²) in [6.07, 6.45) is 15.7. The van der Waals surface area contributed by atoms with Crippen LogP contribution in [0.1, 0.15) is 80.1 Å². The first-order valence-corrected chi connectivity index (χ1v) is 14.4. The van der Waals surface area contributed by atoms with Crippen molar-refractivity contribution in [3.63, 3.8) is 0 Å². The molecule has 0 saturated carbocycles. The number of H-pyrrole nitrogens is 4. The summed E-state index contributed by atoms with van der Waals surface area (Å²) in [5.41, 5.74) is 10.4. The first-order chi connectivity index (χ1) is 21.1. The van der Waals surface area contributed by atoms with E-state index in [-0.39, 0.29) is 12.8 Å².